The third-order valence-corrected chi connectivity index (χ3v) is 6.77. The molecule has 31 heavy (non-hydrogen) atoms. The lowest BCUT2D eigenvalue weighted by atomic mass is 9.81. The Kier molecular flexibility index (Phi) is 5.29. The number of likely N-dealkylation sites (tertiary alicyclic amines) is 1. The first kappa shape index (κ1) is 19.9. The highest BCUT2D eigenvalue weighted by atomic mass is 16.2. The van der Waals surface area contributed by atoms with Crippen LogP contribution in [0.15, 0.2) is 24.3 Å². The van der Waals surface area contributed by atoms with Crippen LogP contribution in [0.25, 0.3) is 11.4 Å². The van der Waals surface area contributed by atoms with Crippen molar-refractivity contribution in [3.8, 4) is 11.4 Å². The highest BCUT2D eigenvalue weighted by Gasteiger charge is 2.48. The number of aromatic nitrogens is 3. The molecule has 3 aliphatic rings. The predicted molar refractivity (Wildman–Crippen MR) is 114 cm³/mol. The number of imide groups is 1. The van der Waals surface area contributed by atoms with Crippen LogP contribution in [0.5, 0.6) is 0 Å². The van der Waals surface area contributed by atoms with Gasteiger partial charge >= 0.3 is 0 Å². The van der Waals surface area contributed by atoms with Crippen LogP contribution in [0.1, 0.15) is 50.8 Å². The summed E-state index contributed by atoms with van der Waals surface area (Å²) in [5.41, 5.74) is 1.58. The molecule has 0 unspecified atom stereocenters. The van der Waals surface area contributed by atoms with Gasteiger partial charge in [-0.1, -0.05) is 19.3 Å². The van der Waals surface area contributed by atoms with Gasteiger partial charge in [0.05, 0.1) is 11.8 Å². The molecule has 0 radical (unpaired) electrons. The van der Waals surface area contributed by atoms with Gasteiger partial charge in [0.1, 0.15) is 12.4 Å². The van der Waals surface area contributed by atoms with E-state index in [0.717, 1.165) is 73.6 Å². The molecule has 3 amide bonds. The average molecular weight is 422 g/mol. The van der Waals surface area contributed by atoms with Crippen molar-refractivity contribution in [1.82, 2.24) is 19.7 Å². The third-order valence-electron chi connectivity index (χ3n) is 6.77. The van der Waals surface area contributed by atoms with Crippen LogP contribution in [-0.4, -0.2) is 43.9 Å². The molecule has 2 aromatic rings. The van der Waals surface area contributed by atoms with Crippen molar-refractivity contribution >= 4 is 23.4 Å². The van der Waals surface area contributed by atoms with Gasteiger partial charge < -0.3 is 9.88 Å². The molecule has 3 heterocycles. The van der Waals surface area contributed by atoms with Gasteiger partial charge in [-0.15, -0.1) is 10.2 Å². The van der Waals surface area contributed by atoms with Crippen molar-refractivity contribution in [3.63, 3.8) is 0 Å². The summed E-state index contributed by atoms with van der Waals surface area (Å²) in [6, 6.07) is 7.47. The van der Waals surface area contributed by atoms with E-state index in [9.17, 15) is 14.4 Å². The molecule has 2 atom stereocenters. The highest BCUT2D eigenvalue weighted by molar-refractivity contribution is 6.08. The molecule has 1 saturated carbocycles. The summed E-state index contributed by atoms with van der Waals surface area (Å²) in [6.45, 7) is 0.708. The van der Waals surface area contributed by atoms with Gasteiger partial charge in [0, 0.05) is 24.2 Å². The van der Waals surface area contributed by atoms with Crippen molar-refractivity contribution < 1.29 is 14.4 Å². The molecule has 1 aliphatic carbocycles. The Bertz CT molecular complexity index is 989. The molecule has 1 aromatic carbocycles. The number of benzene rings is 1. The van der Waals surface area contributed by atoms with Crippen molar-refractivity contribution in [2.45, 2.75) is 57.9 Å². The smallest absolute Gasteiger partial charge is 0.244 e. The van der Waals surface area contributed by atoms with Gasteiger partial charge in [-0.2, -0.15) is 0 Å². The average Bonchev–Trinajstić information content (AvgIpc) is 3.18. The number of nitrogens with zero attached hydrogens (tertiary/aromatic N) is 4. The summed E-state index contributed by atoms with van der Waals surface area (Å²) >= 11 is 0. The van der Waals surface area contributed by atoms with Gasteiger partial charge in [0.15, 0.2) is 5.82 Å². The lowest BCUT2D eigenvalue weighted by Crippen LogP contribution is -2.38. The number of rotatable bonds is 4. The Morgan fingerprint density at radius 1 is 0.935 bits per heavy atom. The van der Waals surface area contributed by atoms with Crippen molar-refractivity contribution in [3.05, 3.63) is 30.1 Å². The molecule has 2 aliphatic heterocycles. The molecule has 0 bridgehead atoms. The highest BCUT2D eigenvalue weighted by Crippen LogP contribution is 2.37. The number of hydrogen-bond acceptors (Lipinski definition) is 5. The molecule has 5 rings (SSSR count). The molecule has 8 nitrogen and oxygen atoms in total. The minimum Gasteiger partial charge on any atom is -0.325 e. The number of carbonyl (C=O) groups is 3. The Hall–Kier alpha value is -3.03. The number of hydrogen-bond donors (Lipinski definition) is 1. The second kappa shape index (κ2) is 8.24. The monoisotopic (exact) mass is 421 g/mol. The van der Waals surface area contributed by atoms with E-state index in [1.807, 2.05) is 24.3 Å². The first-order chi connectivity index (χ1) is 15.1. The molecular formula is C23H27N5O3. The van der Waals surface area contributed by atoms with E-state index in [2.05, 4.69) is 20.1 Å². The van der Waals surface area contributed by atoms with Crippen LogP contribution < -0.4 is 5.32 Å². The normalized spacial score (nSPS) is 23.3. The largest absolute Gasteiger partial charge is 0.325 e. The van der Waals surface area contributed by atoms with E-state index < -0.39 is 0 Å². The van der Waals surface area contributed by atoms with E-state index in [1.165, 1.54) is 6.42 Å². The lowest BCUT2D eigenvalue weighted by molar-refractivity contribution is -0.142. The van der Waals surface area contributed by atoms with Crippen LogP contribution >= 0.6 is 0 Å². The minimum atomic E-state index is -0.357. The quantitative estimate of drug-likeness (QED) is 0.766. The zero-order chi connectivity index (χ0) is 21.4. The number of carbonyl (C=O) groups excluding carboxylic acids is 3. The maximum absolute atomic E-state index is 12.6. The predicted octanol–water partition coefficient (Wildman–Crippen LogP) is 2.79. The summed E-state index contributed by atoms with van der Waals surface area (Å²) in [4.78, 5) is 38.8. The minimum absolute atomic E-state index is 0.187. The molecule has 8 heteroatoms. The van der Waals surface area contributed by atoms with Crippen molar-refractivity contribution in [2.24, 2.45) is 11.8 Å². The standard InChI is InChI=1S/C23H27N5O3/c29-20(14-28-22(30)17-6-3-4-7-18(17)23(28)31)24-16-11-9-15(10-12-16)21-26-25-19-8-2-1-5-13-27(19)21/h9-12,17-18H,1-8,13-14H2,(H,24,29)/t17-,18-/m0/s1. The first-order valence-corrected chi connectivity index (χ1v) is 11.3. The summed E-state index contributed by atoms with van der Waals surface area (Å²) in [5, 5.41) is 11.5. The van der Waals surface area contributed by atoms with E-state index in [-0.39, 0.29) is 36.1 Å². The number of anilines is 1. The van der Waals surface area contributed by atoms with E-state index in [0.29, 0.717) is 5.69 Å². The maximum Gasteiger partial charge on any atom is 0.244 e. The Labute approximate surface area is 181 Å². The van der Waals surface area contributed by atoms with Crippen LogP contribution in [0, 0.1) is 11.8 Å². The van der Waals surface area contributed by atoms with Gasteiger partial charge in [-0.25, -0.2) is 0 Å². The first-order valence-electron chi connectivity index (χ1n) is 11.3. The molecule has 0 spiro atoms. The Morgan fingerprint density at radius 2 is 1.65 bits per heavy atom. The number of aryl methyl sites for hydroxylation is 1. The topological polar surface area (TPSA) is 97.2 Å². The molecule has 1 saturated heterocycles. The van der Waals surface area contributed by atoms with Crippen LogP contribution in [0.3, 0.4) is 0 Å². The second-order valence-electron chi connectivity index (χ2n) is 8.79. The fourth-order valence-corrected chi connectivity index (χ4v) is 5.13. The zero-order valence-corrected chi connectivity index (χ0v) is 17.5. The fraction of sp³-hybridized carbons (Fsp3) is 0.522. The SMILES string of the molecule is O=C(CN1C(=O)[C@H]2CCCC[C@@H]2C1=O)Nc1ccc(-c2nnc3n2CCCCC3)cc1. The number of nitrogens with one attached hydrogen (secondary N) is 1. The molecule has 1 aromatic heterocycles. The second-order valence-corrected chi connectivity index (χ2v) is 8.79. The summed E-state index contributed by atoms with van der Waals surface area (Å²) < 4.78 is 2.19. The third kappa shape index (κ3) is 3.75. The van der Waals surface area contributed by atoms with Gasteiger partial charge in [0.25, 0.3) is 0 Å². The van der Waals surface area contributed by atoms with E-state index >= 15 is 0 Å². The molecule has 162 valence electrons. The van der Waals surface area contributed by atoms with Gasteiger partial charge in [-0.3, -0.25) is 19.3 Å². The van der Waals surface area contributed by atoms with Crippen molar-refractivity contribution in [1.29, 1.82) is 0 Å². The Balaban J connectivity index is 1.24. The number of amides is 3. The lowest BCUT2D eigenvalue weighted by Gasteiger charge is -2.19. The van der Waals surface area contributed by atoms with E-state index in [4.69, 9.17) is 0 Å². The zero-order valence-electron chi connectivity index (χ0n) is 17.5. The molecule has 2 fully saturated rings. The summed E-state index contributed by atoms with van der Waals surface area (Å²) in [6.07, 6.45) is 7.88. The van der Waals surface area contributed by atoms with Gasteiger partial charge in [-0.05, 0) is 49.9 Å². The maximum atomic E-state index is 12.6. The number of fused-ring (bicyclic) bond motifs is 2. The van der Waals surface area contributed by atoms with Crippen LogP contribution in [-0.2, 0) is 27.3 Å². The summed E-state index contributed by atoms with van der Waals surface area (Å²) in [7, 11) is 0. The van der Waals surface area contributed by atoms with Gasteiger partial charge in [0.2, 0.25) is 17.7 Å². The van der Waals surface area contributed by atoms with Crippen molar-refractivity contribution in [2.75, 3.05) is 11.9 Å². The van der Waals surface area contributed by atoms with Crippen LogP contribution in [0.4, 0.5) is 5.69 Å². The summed E-state index contributed by atoms with van der Waals surface area (Å²) in [5.74, 6) is 0.694. The Morgan fingerprint density at radius 3 is 2.35 bits per heavy atom. The van der Waals surface area contributed by atoms with Crippen LogP contribution in [0.2, 0.25) is 0 Å². The molecular weight excluding hydrogens is 394 g/mol. The van der Waals surface area contributed by atoms with E-state index in [1.54, 1.807) is 0 Å². The fourth-order valence-electron chi connectivity index (χ4n) is 5.13. The molecule has 1 N–H and O–H groups in total.